The SMILES string of the molecule is CC(C)c1cc2c(cc1OCC1CO1)oc1cc(OCC3CO3)c(C(C)C)cc12. The average Bonchev–Trinajstić information content (AvgIpc) is 3.60. The molecule has 3 heterocycles. The van der Waals surface area contributed by atoms with Gasteiger partial charge in [0.25, 0.3) is 0 Å². The van der Waals surface area contributed by atoms with Gasteiger partial charge in [-0.05, 0) is 35.1 Å². The summed E-state index contributed by atoms with van der Waals surface area (Å²) in [5.74, 6) is 2.47. The van der Waals surface area contributed by atoms with E-state index in [0.717, 1.165) is 46.7 Å². The Hall–Kier alpha value is -2.24. The van der Waals surface area contributed by atoms with Crippen molar-refractivity contribution in [2.75, 3.05) is 26.4 Å². The molecule has 154 valence electrons. The second-order valence-electron chi connectivity index (χ2n) is 8.72. The summed E-state index contributed by atoms with van der Waals surface area (Å²) in [6, 6.07) is 8.50. The fourth-order valence-corrected chi connectivity index (χ4v) is 3.71. The van der Waals surface area contributed by atoms with Crippen molar-refractivity contribution in [3.05, 3.63) is 35.4 Å². The van der Waals surface area contributed by atoms with E-state index in [-0.39, 0.29) is 12.2 Å². The third-order valence-electron chi connectivity index (χ3n) is 5.63. The Morgan fingerprint density at radius 3 is 1.52 bits per heavy atom. The van der Waals surface area contributed by atoms with Gasteiger partial charge >= 0.3 is 0 Å². The number of furan rings is 1. The van der Waals surface area contributed by atoms with Crippen LogP contribution in [0.1, 0.15) is 50.7 Å². The molecule has 2 aromatic carbocycles. The first-order valence-electron chi connectivity index (χ1n) is 10.5. The van der Waals surface area contributed by atoms with Gasteiger partial charge in [-0.15, -0.1) is 0 Å². The molecule has 5 nitrogen and oxygen atoms in total. The highest BCUT2D eigenvalue weighted by atomic mass is 16.6. The van der Waals surface area contributed by atoms with Crippen molar-refractivity contribution >= 4 is 21.9 Å². The molecule has 5 rings (SSSR count). The predicted octanol–water partition coefficient (Wildman–Crippen LogP) is 5.39. The van der Waals surface area contributed by atoms with E-state index in [9.17, 15) is 0 Å². The lowest BCUT2D eigenvalue weighted by molar-refractivity contribution is 0.260. The van der Waals surface area contributed by atoms with Crippen LogP contribution < -0.4 is 9.47 Å². The van der Waals surface area contributed by atoms with Gasteiger partial charge in [-0.3, -0.25) is 0 Å². The standard InChI is InChI=1S/C24H28O5/c1-13(2)17-5-19-20-6-18(14(3)4)22(28-12-16-10-26-16)8-24(20)29-23(19)7-21(17)27-11-15-9-25-15/h5-8,13-16H,9-12H2,1-4H3. The van der Waals surface area contributed by atoms with Crippen molar-refractivity contribution in [3.63, 3.8) is 0 Å². The van der Waals surface area contributed by atoms with E-state index in [0.29, 0.717) is 25.0 Å². The van der Waals surface area contributed by atoms with Gasteiger partial charge in [-0.2, -0.15) is 0 Å². The van der Waals surface area contributed by atoms with Crippen LogP contribution in [-0.2, 0) is 9.47 Å². The van der Waals surface area contributed by atoms with Gasteiger partial charge in [-0.1, -0.05) is 27.7 Å². The summed E-state index contributed by atoms with van der Waals surface area (Å²) in [4.78, 5) is 0. The third-order valence-corrected chi connectivity index (χ3v) is 5.63. The highest BCUT2D eigenvalue weighted by molar-refractivity contribution is 6.06. The highest BCUT2D eigenvalue weighted by Crippen LogP contribution is 2.40. The average molecular weight is 396 g/mol. The molecule has 0 saturated carbocycles. The second-order valence-corrected chi connectivity index (χ2v) is 8.72. The largest absolute Gasteiger partial charge is 0.490 e. The predicted molar refractivity (Wildman–Crippen MR) is 112 cm³/mol. The third kappa shape index (κ3) is 3.81. The zero-order chi connectivity index (χ0) is 20.1. The van der Waals surface area contributed by atoms with Crippen LogP contribution >= 0.6 is 0 Å². The van der Waals surface area contributed by atoms with Crippen LogP contribution in [0.5, 0.6) is 11.5 Å². The molecule has 2 atom stereocenters. The summed E-state index contributed by atoms with van der Waals surface area (Å²) in [6.07, 6.45) is 0.454. The molecule has 0 bridgehead atoms. The zero-order valence-electron chi connectivity index (χ0n) is 17.5. The Kier molecular flexibility index (Phi) is 4.67. The quantitative estimate of drug-likeness (QED) is 0.478. The van der Waals surface area contributed by atoms with Crippen LogP contribution in [0.2, 0.25) is 0 Å². The van der Waals surface area contributed by atoms with E-state index >= 15 is 0 Å². The van der Waals surface area contributed by atoms with Crippen molar-refractivity contribution in [1.29, 1.82) is 0 Å². The minimum Gasteiger partial charge on any atom is -0.490 e. The number of hydrogen-bond donors (Lipinski definition) is 0. The number of hydrogen-bond acceptors (Lipinski definition) is 5. The number of benzene rings is 2. The molecule has 0 N–H and O–H groups in total. The van der Waals surface area contributed by atoms with E-state index in [1.165, 1.54) is 11.1 Å². The molecular formula is C24H28O5. The lowest BCUT2D eigenvalue weighted by atomic mass is 9.96. The van der Waals surface area contributed by atoms with Gasteiger partial charge in [0.2, 0.25) is 0 Å². The monoisotopic (exact) mass is 396 g/mol. The Balaban J connectivity index is 1.59. The van der Waals surface area contributed by atoms with Crippen molar-refractivity contribution in [3.8, 4) is 11.5 Å². The lowest BCUT2D eigenvalue weighted by Crippen LogP contribution is -2.06. The summed E-state index contributed by atoms with van der Waals surface area (Å²) in [5.41, 5.74) is 4.07. The van der Waals surface area contributed by atoms with E-state index in [1.54, 1.807) is 0 Å². The van der Waals surface area contributed by atoms with Crippen molar-refractivity contribution < 1.29 is 23.4 Å². The summed E-state index contributed by atoms with van der Waals surface area (Å²) in [5, 5.41) is 2.25. The molecule has 2 aliphatic rings. The lowest BCUT2D eigenvalue weighted by Gasteiger charge is -2.14. The smallest absolute Gasteiger partial charge is 0.139 e. The Morgan fingerprint density at radius 2 is 1.17 bits per heavy atom. The summed E-state index contributed by atoms with van der Waals surface area (Å²) in [7, 11) is 0. The summed E-state index contributed by atoms with van der Waals surface area (Å²) >= 11 is 0. The maximum Gasteiger partial charge on any atom is 0.139 e. The molecule has 29 heavy (non-hydrogen) atoms. The second kappa shape index (κ2) is 7.22. The van der Waals surface area contributed by atoms with Crippen molar-refractivity contribution in [2.24, 2.45) is 0 Å². The molecule has 2 saturated heterocycles. The minimum atomic E-state index is 0.227. The molecule has 2 unspecified atom stereocenters. The number of epoxide rings is 2. The molecule has 0 aliphatic carbocycles. The minimum absolute atomic E-state index is 0.227. The first kappa shape index (κ1) is 18.8. The molecular weight excluding hydrogens is 368 g/mol. The van der Waals surface area contributed by atoms with Crippen LogP contribution in [0.25, 0.3) is 21.9 Å². The van der Waals surface area contributed by atoms with E-state index < -0.39 is 0 Å². The van der Waals surface area contributed by atoms with Gasteiger partial charge in [0, 0.05) is 22.9 Å². The molecule has 2 aliphatic heterocycles. The van der Waals surface area contributed by atoms with Gasteiger partial charge in [0.15, 0.2) is 0 Å². The fraction of sp³-hybridized carbons (Fsp3) is 0.500. The summed E-state index contributed by atoms with van der Waals surface area (Å²) in [6.45, 7) is 11.5. The van der Waals surface area contributed by atoms with Crippen molar-refractivity contribution in [1.82, 2.24) is 0 Å². The van der Waals surface area contributed by atoms with E-state index in [4.69, 9.17) is 23.4 Å². The highest BCUT2D eigenvalue weighted by Gasteiger charge is 2.26. The molecule has 1 aromatic heterocycles. The first-order valence-corrected chi connectivity index (χ1v) is 10.5. The van der Waals surface area contributed by atoms with Crippen molar-refractivity contribution in [2.45, 2.75) is 51.7 Å². The zero-order valence-corrected chi connectivity index (χ0v) is 17.5. The van der Waals surface area contributed by atoms with Gasteiger partial charge < -0.3 is 23.4 Å². The number of rotatable bonds is 8. The maximum atomic E-state index is 6.23. The summed E-state index contributed by atoms with van der Waals surface area (Å²) < 4.78 is 28.9. The Morgan fingerprint density at radius 1 is 0.759 bits per heavy atom. The first-order chi connectivity index (χ1) is 14.0. The topological polar surface area (TPSA) is 56.7 Å². The molecule has 0 amide bonds. The Bertz CT molecular complexity index is 958. The number of fused-ring (bicyclic) bond motifs is 3. The maximum absolute atomic E-state index is 6.23. The van der Waals surface area contributed by atoms with Gasteiger partial charge in [-0.25, -0.2) is 0 Å². The molecule has 0 spiro atoms. The number of ether oxygens (including phenoxy) is 4. The normalized spacial score (nSPS) is 20.8. The van der Waals surface area contributed by atoms with Crippen LogP contribution in [0.15, 0.2) is 28.7 Å². The van der Waals surface area contributed by atoms with E-state index in [2.05, 4.69) is 39.8 Å². The molecule has 3 aromatic rings. The van der Waals surface area contributed by atoms with Crippen LogP contribution in [0.4, 0.5) is 0 Å². The fourth-order valence-electron chi connectivity index (χ4n) is 3.71. The van der Waals surface area contributed by atoms with Crippen LogP contribution in [0, 0.1) is 0 Å². The Labute approximate surface area is 170 Å². The van der Waals surface area contributed by atoms with E-state index in [1.807, 2.05) is 12.1 Å². The van der Waals surface area contributed by atoms with Gasteiger partial charge in [0.05, 0.1) is 13.2 Å². The molecule has 2 fully saturated rings. The molecule has 0 radical (unpaired) electrons. The van der Waals surface area contributed by atoms with Gasteiger partial charge in [0.1, 0.15) is 48.1 Å². The van der Waals surface area contributed by atoms with Crippen LogP contribution in [-0.4, -0.2) is 38.6 Å². The van der Waals surface area contributed by atoms with Crippen LogP contribution in [0.3, 0.4) is 0 Å². The molecule has 5 heteroatoms.